The van der Waals surface area contributed by atoms with E-state index < -0.39 is 23.6 Å². The zero-order valence-electron chi connectivity index (χ0n) is 8.18. The second-order valence-corrected chi connectivity index (χ2v) is 6.89. The van der Waals surface area contributed by atoms with E-state index in [4.69, 9.17) is 22.8 Å². The molecule has 0 spiro atoms. The highest BCUT2D eigenvalue weighted by Gasteiger charge is 2.25. The molecule has 0 aromatic heterocycles. The number of hydrogen-bond acceptors (Lipinski definition) is 4. The summed E-state index contributed by atoms with van der Waals surface area (Å²) in [5, 5.41) is 0.0600. The van der Waals surface area contributed by atoms with Crippen LogP contribution in [0.2, 0.25) is 5.02 Å². The Hall–Kier alpha value is -0.190. The number of hydrogen-bond donors (Lipinski definition) is 0. The predicted molar refractivity (Wildman–Crippen MR) is 62.8 cm³/mol. The molecule has 0 bridgehead atoms. The first-order valence-corrected chi connectivity index (χ1v) is 8.23. The summed E-state index contributed by atoms with van der Waals surface area (Å²) in [6.45, 7) is 1.59. The molecule has 0 heterocycles. The van der Waals surface area contributed by atoms with Crippen LogP contribution >= 0.6 is 30.0 Å². The van der Waals surface area contributed by atoms with Crippen molar-refractivity contribution in [2.75, 3.05) is 6.35 Å². The topological polar surface area (TPSA) is 60.4 Å². The SMILES string of the molecule is Cc1cccc(Cl)c1S(=O)(=O)OC[P+](=O)Cl. The third-order valence-corrected chi connectivity index (χ3v) is 4.42. The molecule has 8 heteroatoms. The van der Waals surface area contributed by atoms with E-state index in [1.807, 2.05) is 0 Å². The van der Waals surface area contributed by atoms with Crippen molar-refractivity contribution in [1.82, 2.24) is 0 Å². The molecule has 0 aliphatic rings. The maximum atomic E-state index is 11.7. The highest BCUT2D eigenvalue weighted by molar-refractivity contribution is 7.87. The van der Waals surface area contributed by atoms with Crippen LogP contribution < -0.4 is 0 Å². The molecule has 0 saturated carbocycles. The summed E-state index contributed by atoms with van der Waals surface area (Å²) in [6.07, 6.45) is -0.566. The Balaban J connectivity index is 3.12. The Morgan fingerprint density at radius 1 is 1.44 bits per heavy atom. The van der Waals surface area contributed by atoms with Crippen molar-refractivity contribution in [3.63, 3.8) is 0 Å². The second kappa shape index (κ2) is 5.43. The van der Waals surface area contributed by atoms with Crippen molar-refractivity contribution < 1.29 is 17.2 Å². The van der Waals surface area contributed by atoms with Gasteiger partial charge in [-0.2, -0.15) is 8.42 Å². The number of aryl methyl sites for hydroxylation is 1. The van der Waals surface area contributed by atoms with Gasteiger partial charge in [-0.15, -0.1) is 0 Å². The molecule has 1 atom stereocenters. The van der Waals surface area contributed by atoms with Gasteiger partial charge in [0, 0.05) is 0 Å². The molecule has 0 aliphatic heterocycles. The minimum absolute atomic E-state index is 0.0600. The van der Waals surface area contributed by atoms with Crippen molar-refractivity contribution in [2.24, 2.45) is 0 Å². The van der Waals surface area contributed by atoms with Crippen molar-refractivity contribution in [3.05, 3.63) is 28.8 Å². The Labute approximate surface area is 104 Å². The molecule has 0 aliphatic carbocycles. The van der Waals surface area contributed by atoms with Gasteiger partial charge >= 0.3 is 17.3 Å². The maximum Gasteiger partial charge on any atom is 0.484 e. The van der Waals surface area contributed by atoms with Gasteiger partial charge in [0.2, 0.25) is 11.2 Å². The van der Waals surface area contributed by atoms with Crippen molar-refractivity contribution >= 4 is 40.1 Å². The Kier molecular flexibility index (Phi) is 4.71. The van der Waals surface area contributed by atoms with Crippen molar-refractivity contribution in [3.8, 4) is 0 Å². The highest BCUT2D eigenvalue weighted by atomic mass is 35.7. The molecule has 4 nitrogen and oxygen atoms in total. The van der Waals surface area contributed by atoms with Crippen LogP contribution in [0.25, 0.3) is 0 Å². The van der Waals surface area contributed by atoms with Gasteiger partial charge < -0.3 is 0 Å². The van der Waals surface area contributed by atoms with Crippen molar-refractivity contribution in [2.45, 2.75) is 11.8 Å². The lowest BCUT2D eigenvalue weighted by molar-refractivity contribution is 0.373. The number of rotatable bonds is 4. The first-order chi connectivity index (χ1) is 7.34. The number of halogens is 2. The van der Waals surface area contributed by atoms with E-state index in [1.54, 1.807) is 19.1 Å². The van der Waals surface area contributed by atoms with Gasteiger partial charge in [0.25, 0.3) is 6.35 Å². The lowest BCUT2D eigenvalue weighted by Crippen LogP contribution is -2.08. The van der Waals surface area contributed by atoms with E-state index in [9.17, 15) is 13.0 Å². The summed E-state index contributed by atoms with van der Waals surface area (Å²) in [5.74, 6) is 0. The summed E-state index contributed by atoms with van der Waals surface area (Å²) in [6, 6.07) is 4.65. The van der Waals surface area contributed by atoms with Crippen LogP contribution in [0.1, 0.15) is 5.56 Å². The molecule has 0 amide bonds. The minimum atomic E-state index is -4.02. The molecule has 1 aromatic carbocycles. The molecule has 1 rings (SSSR count). The molecule has 0 N–H and O–H groups in total. The van der Waals surface area contributed by atoms with E-state index in [0.717, 1.165) is 0 Å². The van der Waals surface area contributed by atoms with E-state index in [-0.39, 0.29) is 9.92 Å². The average Bonchev–Trinajstić information content (AvgIpc) is 2.14. The zero-order chi connectivity index (χ0) is 12.3. The summed E-state index contributed by atoms with van der Waals surface area (Å²) in [5.41, 5.74) is 0.456. The third-order valence-electron chi connectivity index (χ3n) is 1.72. The minimum Gasteiger partial charge on any atom is -0.215 e. The van der Waals surface area contributed by atoms with Gasteiger partial charge in [0.15, 0.2) is 0 Å². The monoisotopic (exact) mass is 301 g/mol. The predicted octanol–water partition coefficient (Wildman–Crippen LogP) is 3.29. The molecule has 1 aromatic rings. The van der Waals surface area contributed by atoms with Crippen LogP contribution in [-0.4, -0.2) is 14.8 Å². The number of benzene rings is 1. The third kappa shape index (κ3) is 3.40. The summed E-state index contributed by atoms with van der Waals surface area (Å²) in [7, 11) is -6.21. The molecule has 0 fully saturated rings. The van der Waals surface area contributed by atoms with Gasteiger partial charge in [-0.1, -0.05) is 23.7 Å². The smallest absolute Gasteiger partial charge is 0.215 e. The van der Waals surface area contributed by atoms with Crippen LogP contribution in [0, 0.1) is 6.92 Å². The standard InChI is InChI=1S/C8H8Cl2O4PS/c1-6-3-2-4-7(9)8(6)16(12,13)14-5-15(10)11/h2-4H,5H2,1H3/q+1. The van der Waals surface area contributed by atoms with Crippen LogP contribution in [0.4, 0.5) is 0 Å². The first kappa shape index (κ1) is 13.9. The molecule has 88 valence electrons. The lowest BCUT2D eigenvalue weighted by atomic mass is 10.2. The van der Waals surface area contributed by atoms with Gasteiger partial charge in [-0.25, -0.2) is 4.18 Å². The Morgan fingerprint density at radius 3 is 2.56 bits per heavy atom. The van der Waals surface area contributed by atoms with E-state index in [2.05, 4.69) is 4.18 Å². The molecular formula is C8H8Cl2O4PS+. The Morgan fingerprint density at radius 2 is 2.06 bits per heavy atom. The summed E-state index contributed by atoms with van der Waals surface area (Å²) >= 11 is 10.9. The molecule has 0 saturated heterocycles. The van der Waals surface area contributed by atoms with Gasteiger partial charge in [0.1, 0.15) is 4.90 Å². The molecular weight excluding hydrogens is 294 g/mol. The lowest BCUT2D eigenvalue weighted by Gasteiger charge is -2.06. The first-order valence-electron chi connectivity index (χ1n) is 4.09. The van der Waals surface area contributed by atoms with Gasteiger partial charge in [0.05, 0.1) is 5.02 Å². The fourth-order valence-electron chi connectivity index (χ4n) is 1.10. The van der Waals surface area contributed by atoms with Crippen LogP contribution in [0.3, 0.4) is 0 Å². The quantitative estimate of drug-likeness (QED) is 0.632. The maximum absolute atomic E-state index is 11.7. The van der Waals surface area contributed by atoms with Crippen LogP contribution in [0.5, 0.6) is 0 Å². The Bertz CT molecular complexity index is 495. The summed E-state index contributed by atoms with van der Waals surface area (Å²) < 4.78 is 38.5. The molecule has 0 radical (unpaired) electrons. The van der Waals surface area contributed by atoms with Crippen LogP contribution in [-0.2, 0) is 18.9 Å². The molecule has 16 heavy (non-hydrogen) atoms. The fourth-order valence-corrected chi connectivity index (χ4v) is 3.74. The van der Waals surface area contributed by atoms with E-state index in [1.165, 1.54) is 6.07 Å². The van der Waals surface area contributed by atoms with E-state index in [0.29, 0.717) is 5.56 Å². The highest BCUT2D eigenvalue weighted by Crippen LogP contribution is 2.31. The fraction of sp³-hybridized carbons (Fsp3) is 0.250. The van der Waals surface area contributed by atoms with Gasteiger partial charge in [-0.05, 0) is 23.1 Å². The van der Waals surface area contributed by atoms with Crippen LogP contribution in [0.15, 0.2) is 23.1 Å². The molecule has 1 unspecified atom stereocenters. The van der Waals surface area contributed by atoms with E-state index >= 15 is 0 Å². The second-order valence-electron chi connectivity index (χ2n) is 2.90. The summed E-state index contributed by atoms with van der Waals surface area (Å²) in [4.78, 5) is -0.120. The normalized spacial score (nSPS) is 12.6. The zero-order valence-corrected chi connectivity index (χ0v) is 11.4. The average molecular weight is 302 g/mol. The van der Waals surface area contributed by atoms with Crippen molar-refractivity contribution in [1.29, 1.82) is 0 Å². The largest absolute Gasteiger partial charge is 0.484 e. The van der Waals surface area contributed by atoms with Gasteiger partial charge in [-0.3, -0.25) is 0 Å².